The van der Waals surface area contributed by atoms with Crippen molar-refractivity contribution in [3.8, 4) is 39.4 Å². The minimum atomic E-state index is 0.655. The van der Waals surface area contributed by atoms with E-state index in [9.17, 15) is 5.26 Å². The van der Waals surface area contributed by atoms with Crippen LogP contribution in [0.4, 0.5) is 56.9 Å². The van der Waals surface area contributed by atoms with Gasteiger partial charge in [-0.2, -0.15) is 5.26 Å². The van der Waals surface area contributed by atoms with Gasteiger partial charge in [0.2, 0.25) is 0 Å². The Bertz CT molecular complexity index is 4200. The second kappa shape index (κ2) is 24.0. The summed E-state index contributed by atoms with van der Waals surface area (Å²) in [6, 6.07) is 115. The lowest BCUT2D eigenvalue weighted by molar-refractivity contribution is 1.21. The number of nitrogens with zero attached hydrogens (tertiary/aromatic N) is 5. The zero-order valence-electron chi connectivity index (χ0n) is 45.8. The first-order valence-electron chi connectivity index (χ1n) is 27.7. The van der Waals surface area contributed by atoms with Crippen LogP contribution in [0.15, 0.2) is 322 Å². The van der Waals surface area contributed by atoms with E-state index >= 15 is 0 Å². The Hall–Kier alpha value is -10.9. The molecule has 0 saturated heterocycles. The predicted octanol–water partition coefficient (Wildman–Crippen LogP) is 21.0. The third kappa shape index (κ3) is 11.2. The monoisotopic (exact) mass is 1050 g/mol. The van der Waals surface area contributed by atoms with Gasteiger partial charge in [0.25, 0.3) is 0 Å². The van der Waals surface area contributed by atoms with Crippen LogP contribution in [0.25, 0.3) is 54.9 Å². The first kappa shape index (κ1) is 51.8. The quantitative estimate of drug-likeness (QED) is 0.115. The summed E-state index contributed by atoms with van der Waals surface area (Å²) < 4.78 is 0. The van der Waals surface area contributed by atoms with Gasteiger partial charge in [0, 0.05) is 70.4 Å². The SMILES string of the molecule is CN(c1ccc(-c2ccc(N(c3ccccc3)c3cccc(-c4ccccc4)c3)cc2)cc1)c1cccc(C#N)c1.CN(c1ccccc1)c1ccc(-c2ccc(N(c3cccc4ccccc34)c3cccc4ccccc34)cc2)cc1. The Balaban J connectivity index is 0.000000162. The average molecular weight is 1050 g/mol. The maximum Gasteiger partial charge on any atom is 0.0992 e. The molecule has 0 N–H and O–H groups in total. The first-order chi connectivity index (χ1) is 40.5. The topological polar surface area (TPSA) is 36.8 Å². The normalized spacial score (nSPS) is 10.8. The van der Waals surface area contributed by atoms with Crippen LogP contribution in [0.5, 0.6) is 0 Å². The van der Waals surface area contributed by atoms with Gasteiger partial charge in [-0.05, 0) is 159 Å². The van der Waals surface area contributed by atoms with Crippen LogP contribution in [0, 0.1) is 11.3 Å². The molecule has 0 heterocycles. The highest BCUT2D eigenvalue weighted by atomic mass is 15.2. The third-order valence-corrected chi connectivity index (χ3v) is 15.2. The fourth-order valence-electron chi connectivity index (χ4n) is 10.8. The molecule has 13 aromatic carbocycles. The minimum absolute atomic E-state index is 0.655. The fraction of sp³-hybridized carbons (Fsp3) is 0.0260. The van der Waals surface area contributed by atoms with E-state index < -0.39 is 0 Å². The number of anilines is 10. The molecule has 0 aliphatic carbocycles. The van der Waals surface area contributed by atoms with Gasteiger partial charge in [-0.25, -0.2) is 0 Å². The van der Waals surface area contributed by atoms with E-state index in [1.165, 1.54) is 60.9 Å². The van der Waals surface area contributed by atoms with E-state index in [2.05, 4.69) is 312 Å². The number of fused-ring (bicyclic) bond motifs is 2. The molecule has 0 aliphatic rings. The molecule has 392 valence electrons. The van der Waals surface area contributed by atoms with Gasteiger partial charge in [0.15, 0.2) is 0 Å². The zero-order chi connectivity index (χ0) is 55.6. The van der Waals surface area contributed by atoms with Crippen molar-refractivity contribution in [3.05, 3.63) is 327 Å². The summed E-state index contributed by atoms with van der Waals surface area (Å²) in [7, 11) is 4.12. The fourth-order valence-corrected chi connectivity index (χ4v) is 10.8. The smallest absolute Gasteiger partial charge is 0.0992 e. The van der Waals surface area contributed by atoms with Crippen LogP contribution < -0.4 is 19.6 Å². The first-order valence-corrected chi connectivity index (χ1v) is 27.7. The lowest BCUT2D eigenvalue weighted by Crippen LogP contribution is -2.11. The highest BCUT2D eigenvalue weighted by Gasteiger charge is 2.19. The molecule has 13 aromatic rings. The third-order valence-electron chi connectivity index (χ3n) is 15.2. The molecule has 0 unspecified atom stereocenters. The van der Waals surface area contributed by atoms with E-state index in [1.807, 2.05) is 49.5 Å². The Morgan fingerprint density at radius 2 is 0.573 bits per heavy atom. The van der Waals surface area contributed by atoms with Crippen molar-refractivity contribution >= 4 is 78.4 Å². The molecule has 0 aliphatic heterocycles. The van der Waals surface area contributed by atoms with Gasteiger partial charge in [-0.1, -0.05) is 206 Å². The van der Waals surface area contributed by atoms with Crippen LogP contribution in [-0.4, -0.2) is 14.1 Å². The summed E-state index contributed by atoms with van der Waals surface area (Å²) in [6.07, 6.45) is 0. The van der Waals surface area contributed by atoms with Crippen molar-refractivity contribution < 1.29 is 0 Å². The van der Waals surface area contributed by atoms with Gasteiger partial charge in [0.1, 0.15) is 0 Å². The van der Waals surface area contributed by atoms with Crippen molar-refractivity contribution in [1.82, 2.24) is 0 Å². The van der Waals surface area contributed by atoms with Crippen LogP contribution in [-0.2, 0) is 0 Å². The number of para-hydroxylation sites is 2. The average Bonchev–Trinajstić information content (AvgIpc) is 3.48. The maximum absolute atomic E-state index is 9.25. The van der Waals surface area contributed by atoms with Crippen molar-refractivity contribution in [2.75, 3.05) is 33.7 Å². The van der Waals surface area contributed by atoms with Gasteiger partial charge < -0.3 is 19.6 Å². The van der Waals surface area contributed by atoms with E-state index in [4.69, 9.17) is 0 Å². The maximum atomic E-state index is 9.25. The van der Waals surface area contributed by atoms with E-state index in [0.717, 1.165) is 50.9 Å². The number of benzene rings is 13. The summed E-state index contributed by atoms with van der Waals surface area (Å²) in [5, 5.41) is 14.2. The molecular formula is C77H59N5. The molecule has 0 bridgehead atoms. The largest absolute Gasteiger partial charge is 0.345 e. The van der Waals surface area contributed by atoms with Crippen molar-refractivity contribution in [3.63, 3.8) is 0 Å². The highest BCUT2D eigenvalue weighted by molar-refractivity contribution is 6.05. The molecule has 0 fully saturated rings. The number of hydrogen-bond donors (Lipinski definition) is 0. The van der Waals surface area contributed by atoms with Gasteiger partial charge in [-0.15, -0.1) is 0 Å². The van der Waals surface area contributed by atoms with Crippen LogP contribution >= 0.6 is 0 Å². The van der Waals surface area contributed by atoms with Crippen molar-refractivity contribution in [2.24, 2.45) is 0 Å². The Morgan fingerprint density at radius 1 is 0.244 bits per heavy atom. The van der Waals surface area contributed by atoms with E-state index in [0.29, 0.717) is 5.56 Å². The summed E-state index contributed by atoms with van der Waals surface area (Å²) in [4.78, 5) is 8.99. The van der Waals surface area contributed by atoms with Crippen molar-refractivity contribution in [2.45, 2.75) is 0 Å². The van der Waals surface area contributed by atoms with E-state index in [1.54, 1.807) is 0 Å². The molecule has 5 nitrogen and oxygen atoms in total. The van der Waals surface area contributed by atoms with E-state index in [-0.39, 0.29) is 0 Å². The standard InChI is InChI=1S/C39H30N2.C38H29N3/c1-40(33-15-3-2-4-16-33)34-25-21-29(22-26-34)30-23-27-35(28-24-30)41(38-19-9-13-31-11-5-7-17-36(31)38)39-20-10-14-32-12-6-8-18-37(32)39;1-40(37-16-8-10-29(26-37)28-39)34-22-18-31(19-23-34)32-20-24-36(25-21-32)41(35-14-6-3-7-15-35)38-17-9-13-33(27-38)30-11-4-2-5-12-30/h2-28H,1H3;2-27H,1H3. The summed E-state index contributed by atoms with van der Waals surface area (Å²) in [6.45, 7) is 0. The molecule has 5 heteroatoms. The summed E-state index contributed by atoms with van der Waals surface area (Å²) in [5.74, 6) is 0. The van der Waals surface area contributed by atoms with Gasteiger partial charge >= 0.3 is 0 Å². The Labute approximate surface area is 481 Å². The van der Waals surface area contributed by atoms with Crippen LogP contribution in [0.1, 0.15) is 5.56 Å². The second-order valence-corrected chi connectivity index (χ2v) is 20.2. The highest BCUT2D eigenvalue weighted by Crippen LogP contribution is 2.43. The zero-order valence-corrected chi connectivity index (χ0v) is 45.8. The molecule has 0 radical (unpaired) electrons. The molecule has 82 heavy (non-hydrogen) atoms. The molecule has 0 spiro atoms. The minimum Gasteiger partial charge on any atom is -0.345 e. The van der Waals surface area contributed by atoms with Crippen LogP contribution in [0.3, 0.4) is 0 Å². The lowest BCUT2D eigenvalue weighted by atomic mass is 10.0. The Kier molecular flexibility index (Phi) is 15.1. The second-order valence-electron chi connectivity index (χ2n) is 20.2. The molecule has 0 atom stereocenters. The molecule has 0 amide bonds. The Morgan fingerprint density at radius 3 is 1.09 bits per heavy atom. The summed E-state index contributed by atoms with van der Waals surface area (Å²) in [5.41, 5.74) is 18.9. The summed E-state index contributed by atoms with van der Waals surface area (Å²) >= 11 is 0. The van der Waals surface area contributed by atoms with Gasteiger partial charge in [0.05, 0.1) is 23.0 Å². The molecule has 13 rings (SSSR count). The predicted molar refractivity (Wildman–Crippen MR) is 347 cm³/mol. The number of nitriles is 1. The number of rotatable bonds is 13. The molecular weight excluding hydrogens is 995 g/mol. The van der Waals surface area contributed by atoms with Crippen LogP contribution in [0.2, 0.25) is 0 Å². The van der Waals surface area contributed by atoms with Crippen molar-refractivity contribution in [1.29, 1.82) is 5.26 Å². The van der Waals surface area contributed by atoms with Gasteiger partial charge in [-0.3, -0.25) is 0 Å². The number of hydrogen-bond acceptors (Lipinski definition) is 5. The lowest BCUT2D eigenvalue weighted by Gasteiger charge is -2.28. The molecule has 0 saturated carbocycles. The molecule has 0 aromatic heterocycles.